The summed E-state index contributed by atoms with van der Waals surface area (Å²) in [4.78, 5) is 13.4. The van der Waals surface area contributed by atoms with Crippen LogP contribution in [0.15, 0.2) is 48.5 Å². The zero-order chi connectivity index (χ0) is 14.5. The van der Waals surface area contributed by atoms with E-state index in [9.17, 15) is 4.79 Å². The van der Waals surface area contributed by atoms with Gasteiger partial charge in [-0.1, -0.05) is 30.3 Å². The summed E-state index contributed by atoms with van der Waals surface area (Å²) >= 11 is 0. The molecule has 0 atom stereocenters. The first kappa shape index (κ1) is 13.9. The molecule has 0 aliphatic rings. The molecule has 2 rings (SSSR count). The van der Waals surface area contributed by atoms with Crippen molar-refractivity contribution in [2.75, 3.05) is 24.2 Å². The SMILES string of the molecule is CN(CCc1ccccc1)c1ccc(N)c(C(N)=O)c1. The molecule has 0 aliphatic carbocycles. The first-order valence-electron chi connectivity index (χ1n) is 6.52. The minimum Gasteiger partial charge on any atom is -0.398 e. The molecule has 0 unspecified atom stereocenters. The van der Waals surface area contributed by atoms with E-state index in [1.54, 1.807) is 12.1 Å². The number of nitrogen functional groups attached to an aromatic ring is 1. The van der Waals surface area contributed by atoms with Crippen molar-refractivity contribution in [1.29, 1.82) is 0 Å². The van der Waals surface area contributed by atoms with Crippen LogP contribution in [0.2, 0.25) is 0 Å². The predicted octanol–water partition coefficient (Wildman–Crippen LogP) is 2.05. The predicted molar refractivity (Wildman–Crippen MR) is 82.8 cm³/mol. The van der Waals surface area contributed by atoms with E-state index in [0.29, 0.717) is 11.3 Å². The Morgan fingerprint density at radius 2 is 1.85 bits per heavy atom. The van der Waals surface area contributed by atoms with Gasteiger partial charge in [-0.15, -0.1) is 0 Å². The van der Waals surface area contributed by atoms with Gasteiger partial charge in [-0.3, -0.25) is 4.79 Å². The third-order valence-corrected chi connectivity index (χ3v) is 3.32. The Morgan fingerprint density at radius 3 is 2.50 bits per heavy atom. The molecule has 4 nitrogen and oxygen atoms in total. The van der Waals surface area contributed by atoms with Gasteiger partial charge in [-0.25, -0.2) is 0 Å². The Morgan fingerprint density at radius 1 is 1.15 bits per heavy atom. The number of hydrogen-bond donors (Lipinski definition) is 2. The average Bonchev–Trinajstić information content (AvgIpc) is 2.46. The van der Waals surface area contributed by atoms with Crippen molar-refractivity contribution in [1.82, 2.24) is 0 Å². The lowest BCUT2D eigenvalue weighted by molar-refractivity contribution is 0.100. The molecule has 4 heteroatoms. The standard InChI is InChI=1S/C16H19N3O/c1-19(10-9-12-5-3-2-4-6-12)13-7-8-15(17)14(11-13)16(18)20/h2-8,11H,9-10,17H2,1H3,(H2,18,20). The molecule has 0 bridgehead atoms. The van der Waals surface area contributed by atoms with Crippen LogP contribution < -0.4 is 16.4 Å². The molecule has 4 N–H and O–H groups in total. The highest BCUT2D eigenvalue weighted by Crippen LogP contribution is 2.20. The fraction of sp³-hybridized carbons (Fsp3) is 0.188. The number of rotatable bonds is 5. The Kier molecular flexibility index (Phi) is 4.25. The molecule has 0 radical (unpaired) electrons. The monoisotopic (exact) mass is 269 g/mol. The Labute approximate surface area is 119 Å². The fourth-order valence-corrected chi connectivity index (χ4v) is 2.07. The number of likely N-dealkylation sites (N-methyl/N-ethyl adjacent to an activating group) is 1. The van der Waals surface area contributed by atoms with Crippen molar-refractivity contribution in [2.45, 2.75) is 6.42 Å². The minimum atomic E-state index is -0.499. The maximum atomic E-state index is 11.3. The lowest BCUT2D eigenvalue weighted by Crippen LogP contribution is -2.21. The highest BCUT2D eigenvalue weighted by Gasteiger charge is 2.09. The van der Waals surface area contributed by atoms with Crippen LogP contribution in [0.4, 0.5) is 11.4 Å². The number of carbonyl (C=O) groups is 1. The normalized spacial score (nSPS) is 10.2. The summed E-state index contributed by atoms with van der Waals surface area (Å²) in [6.07, 6.45) is 0.938. The van der Waals surface area contributed by atoms with E-state index in [-0.39, 0.29) is 0 Å². The molecular weight excluding hydrogens is 250 g/mol. The van der Waals surface area contributed by atoms with Gasteiger partial charge in [0.1, 0.15) is 0 Å². The van der Waals surface area contributed by atoms with Crippen molar-refractivity contribution < 1.29 is 4.79 Å². The highest BCUT2D eigenvalue weighted by atomic mass is 16.1. The number of amides is 1. The van der Waals surface area contributed by atoms with Crippen molar-refractivity contribution >= 4 is 17.3 Å². The largest absolute Gasteiger partial charge is 0.398 e. The fourth-order valence-electron chi connectivity index (χ4n) is 2.07. The van der Waals surface area contributed by atoms with Crippen LogP contribution in [-0.4, -0.2) is 19.5 Å². The summed E-state index contributed by atoms with van der Waals surface area (Å²) in [5.41, 5.74) is 14.0. The van der Waals surface area contributed by atoms with Gasteiger partial charge in [0.05, 0.1) is 5.56 Å². The quantitative estimate of drug-likeness (QED) is 0.816. The lowest BCUT2D eigenvalue weighted by Gasteiger charge is -2.20. The van der Waals surface area contributed by atoms with Gasteiger partial charge in [0.25, 0.3) is 5.91 Å². The molecule has 2 aromatic carbocycles. The number of anilines is 2. The topological polar surface area (TPSA) is 72.3 Å². The summed E-state index contributed by atoms with van der Waals surface area (Å²) in [5.74, 6) is -0.499. The average molecular weight is 269 g/mol. The van der Waals surface area contributed by atoms with Crippen LogP contribution >= 0.6 is 0 Å². The molecule has 1 amide bonds. The third-order valence-electron chi connectivity index (χ3n) is 3.32. The van der Waals surface area contributed by atoms with E-state index in [2.05, 4.69) is 17.0 Å². The second-order valence-electron chi connectivity index (χ2n) is 4.79. The Bertz CT molecular complexity index is 596. The second-order valence-corrected chi connectivity index (χ2v) is 4.79. The first-order valence-corrected chi connectivity index (χ1v) is 6.52. The number of hydrogen-bond acceptors (Lipinski definition) is 3. The maximum Gasteiger partial charge on any atom is 0.250 e. The molecule has 0 spiro atoms. The molecule has 0 fully saturated rings. The number of primary amides is 1. The smallest absolute Gasteiger partial charge is 0.250 e. The van der Waals surface area contributed by atoms with Crippen LogP contribution in [0.3, 0.4) is 0 Å². The zero-order valence-corrected chi connectivity index (χ0v) is 11.5. The van der Waals surface area contributed by atoms with E-state index in [0.717, 1.165) is 18.7 Å². The van der Waals surface area contributed by atoms with Crippen molar-refractivity contribution in [3.8, 4) is 0 Å². The molecule has 20 heavy (non-hydrogen) atoms. The van der Waals surface area contributed by atoms with Gasteiger partial charge < -0.3 is 16.4 Å². The van der Waals surface area contributed by atoms with Crippen molar-refractivity contribution in [2.24, 2.45) is 5.73 Å². The van der Waals surface area contributed by atoms with Crippen molar-refractivity contribution in [3.05, 3.63) is 59.7 Å². The molecule has 0 aliphatic heterocycles. The third kappa shape index (κ3) is 3.29. The first-order chi connectivity index (χ1) is 9.58. The van der Waals surface area contributed by atoms with E-state index in [1.165, 1.54) is 5.56 Å². The van der Waals surface area contributed by atoms with Gasteiger partial charge >= 0.3 is 0 Å². The number of nitrogens with two attached hydrogens (primary N) is 2. The summed E-state index contributed by atoms with van der Waals surface area (Å²) in [6.45, 7) is 0.853. The Balaban J connectivity index is 2.07. The highest BCUT2D eigenvalue weighted by molar-refractivity contribution is 5.99. The molecule has 0 aromatic heterocycles. The van der Waals surface area contributed by atoms with Gasteiger partial charge in [0.15, 0.2) is 0 Å². The van der Waals surface area contributed by atoms with E-state index in [4.69, 9.17) is 11.5 Å². The van der Waals surface area contributed by atoms with Gasteiger partial charge in [0, 0.05) is 25.0 Å². The van der Waals surface area contributed by atoms with E-state index >= 15 is 0 Å². The van der Waals surface area contributed by atoms with Gasteiger partial charge in [-0.2, -0.15) is 0 Å². The van der Waals surface area contributed by atoms with Crippen LogP contribution in [0.1, 0.15) is 15.9 Å². The van der Waals surface area contributed by atoms with E-state index in [1.807, 2.05) is 31.3 Å². The minimum absolute atomic E-state index is 0.370. The van der Waals surface area contributed by atoms with Crippen LogP contribution in [-0.2, 0) is 6.42 Å². The molecule has 104 valence electrons. The summed E-state index contributed by atoms with van der Waals surface area (Å²) in [7, 11) is 1.99. The molecule has 0 heterocycles. The second kappa shape index (κ2) is 6.10. The van der Waals surface area contributed by atoms with E-state index < -0.39 is 5.91 Å². The van der Waals surface area contributed by atoms with Crippen LogP contribution in [0.5, 0.6) is 0 Å². The summed E-state index contributed by atoms with van der Waals surface area (Å²) in [6, 6.07) is 15.6. The maximum absolute atomic E-state index is 11.3. The molecular formula is C16H19N3O. The number of benzene rings is 2. The molecule has 0 saturated carbocycles. The van der Waals surface area contributed by atoms with Crippen molar-refractivity contribution in [3.63, 3.8) is 0 Å². The van der Waals surface area contributed by atoms with Crippen LogP contribution in [0.25, 0.3) is 0 Å². The number of nitrogens with zero attached hydrogens (tertiary/aromatic N) is 1. The van der Waals surface area contributed by atoms with Gasteiger partial charge in [0.2, 0.25) is 0 Å². The molecule has 0 saturated heterocycles. The van der Waals surface area contributed by atoms with Gasteiger partial charge in [-0.05, 0) is 30.2 Å². The van der Waals surface area contributed by atoms with Crippen LogP contribution in [0, 0.1) is 0 Å². The summed E-state index contributed by atoms with van der Waals surface area (Å²) in [5, 5.41) is 0. The number of carbonyl (C=O) groups excluding carboxylic acids is 1. The zero-order valence-electron chi connectivity index (χ0n) is 11.5. The lowest BCUT2D eigenvalue weighted by atomic mass is 10.1. The Hall–Kier alpha value is -2.49. The molecule has 2 aromatic rings. The summed E-state index contributed by atoms with van der Waals surface area (Å²) < 4.78 is 0.